The van der Waals surface area contributed by atoms with Crippen LogP contribution in [0.1, 0.15) is 5.56 Å². The average Bonchev–Trinajstić information content (AvgIpc) is 3.65. The number of nitrogens with zero attached hydrogens (tertiary/aromatic N) is 5. The smallest absolute Gasteiger partial charge is 0.162 e. The maximum Gasteiger partial charge on any atom is 0.162 e. The summed E-state index contributed by atoms with van der Waals surface area (Å²) in [5.41, 5.74) is 7.99. The van der Waals surface area contributed by atoms with Crippen molar-refractivity contribution >= 4 is 43.6 Å². The molecule has 9 rings (SSSR count). The number of rotatable bonds is 4. The Hall–Kier alpha value is -6.51. The highest BCUT2D eigenvalue weighted by Gasteiger charge is 2.25. The number of benzene rings is 6. The molecule has 0 unspecified atom stereocenters. The molecule has 0 saturated carbocycles. The van der Waals surface area contributed by atoms with Crippen molar-refractivity contribution in [2.75, 3.05) is 0 Å². The van der Waals surface area contributed by atoms with Gasteiger partial charge in [0, 0.05) is 38.4 Å². The molecule has 0 N–H and O–H groups in total. The highest BCUT2D eigenvalue weighted by Crippen LogP contribution is 2.42. The summed E-state index contributed by atoms with van der Waals surface area (Å²) in [6.07, 6.45) is 0. The summed E-state index contributed by atoms with van der Waals surface area (Å²) >= 11 is 0. The van der Waals surface area contributed by atoms with Gasteiger partial charge in [-0.3, -0.25) is 4.57 Å². The van der Waals surface area contributed by atoms with Gasteiger partial charge in [-0.2, -0.15) is 5.26 Å². The summed E-state index contributed by atoms with van der Waals surface area (Å²) in [6, 6.07) is 54.3. The van der Waals surface area contributed by atoms with Crippen LogP contribution in [0.2, 0.25) is 0 Å². The zero-order valence-corrected chi connectivity index (χ0v) is 24.7. The van der Waals surface area contributed by atoms with Crippen molar-refractivity contribution in [3.05, 3.63) is 157 Å². The monoisotopic (exact) mass is 587 g/mol. The number of nitriles is 1. The van der Waals surface area contributed by atoms with Gasteiger partial charge in [-0.05, 0) is 24.3 Å². The summed E-state index contributed by atoms with van der Waals surface area (Å²) in [5, 5.41) is 15.4. The van der Waals surface area contributed by atoms with Crippen molar-refractivity contribution in [3.63, 3.8) is 0 Å². The SMILES string of the molecule is N#Cc1c(-c2ccccc2)nc(-c2ccccc2)nc1-n1c2ccccc2c2ccc3c4ccccc4n(-c4ccccc4)c3c21. The lowest BCUT2D eigenvalue weighted by Gasteiger charge is -2.16. The Morgan fingerprint density at radius 3 is 1.57 bits per heavy atom. The van der Waals surface area contributed by atoms with Crippen LogP contribution in [-0.2, 0) is 0 Å². The van der Waals surface area contributed by atoms with Crippen molar-refractivity contribution in [1.29, 1.82) is 5.26 Å². The van der Waals surface area contributed by atoms with Crippen LogP contribution in [0.4, 0.5) is 0 Å². The van der Waals surface area contributed by atoms with Crippen molar-refractivity contribution < 1.29 is 0 Å². The van der Waals surface area contributed by atoms with Gasteiger partial charge in [-0.15, -0.1) is 0 Å². The molecule has 0 fully saturated rings. The van der Waals surface area contributed by atoms with Crippen LogP contribution < -0.4 is 0 Å². The van der Waals surface area contributed by atoms with Crippen LogP contribution in [0.25, 0.3) is 77.8 Å². The molecule has 9 aromatic rings. The minimum atomic E-state index is 0.424. The van der Waals surface area contributed by atoms with Crippen molar-refractivity contribution in [2.24, 2.45) is 0 Å². The van der Waals surface area contributed by atoms with E-state index in [2.05, 4.69) is 94.1 Å². The van der Waals surface area contributed by atoms with Gasteiger partial charge in [0.15, 0.2) is 11.6 Å². The van der Waals surface area contributed by atoms with Crippen LogP contribution in [0.15, 0.2) is 152 Å². The van der Waals surface area contributed by atoms with Crippen LogP contribution in [-0.4, -0.2) is 19.1 Å². The molecule has 3 heterocycles. The van der Waals surface area contributed by atoms with E-state index < -0.39 is 0 Å². The summed E-state index contributed by atoms with van der Waals surface area (Å²) in [7, 11) is 0. The van der Waals surface area contributed by atoms with E-state index in [1.54, 1.807) is 0 Å². The van der Waals surface area contributed by atoms with Crippen molar-refractivity contribution in [2.45, 2.75) is 0 Å². The third-order valence-corrected chi connectivity index (χ3v) is 8.78. The van der Waals surface area contributed by atoms with E-state index in [0.29, 0.717) is 22.9 Å². The second-order valence-corrected chi connectivity index (χ2v) is 11.3. The zero-order valence-electron chi connectivity index (χ0n) is 24.7. The normalized spacial score (nSPS) is 11.5. The number of aromatic nitrogens is 4. The molecule has 0 radical (unpaired) electrons. The Balaban J connectivity index is 1.52. The molecule has 0 atom stereocenters. The van der Waals surface area contributed by atoms with E-state index in [9.17, 15) is 5.26 Å². The average molecular weight is 588 g/mol. The van der Waals surface area contributed by atoms with Gasteiger partial charge in [0.1, 0.15) is 11.6 Å². The van der Waals surface area contributed by atoms with E-state index in [1.807, 2.05) is 72.8 Å². The minimum absolute atomic E-state index is 0.424. The van der Waals surface area contributed by atoms with E-state index in [1.165, 1.54) is 5.39 Å². The van der Waals surface area contributed by atoms with E-state index in [-0.39, 0.29) is 0 Å². The molecule has 0 amide bonds. The fraction of sp³-hybridized carbons (Fsp3) is 0. The predicted octanol–water partition coefficient (Wildman–Crippen LogP) is 9.88. The largest absolute Gasteiger partial charge is 0.307 e. The standard InChI is InChI=1S/C41H25N5/c42-26-34-37(27-14-4-1-5-15-27)43-40(28-16-6-2-7-17-28)44-41(34)46-36-23-13-11-21-31(36)33-25-24-32-30-20-10-12-22-35(30)45(38(32)39(33)46)29-18-8-3-9-19-29/h1-25H. The van der Waals surface area contributed by atoms with E-state index in [0.717, 1.165) is 55.0 Å². The Labute approximate surface area is 264 Å². The Morgan fingerprint density at radius 2 is 0.957 bits per heavy atom. The third-order valence-electron chi connectivity index (χ3n) is 8.78. The van der Waals surface area contributed by atoms with Gasteiger partial charge in [0.2, 0.25) is 0 Å². The molecule has 6 aromatic carbocycles. The predicted molar refractivity (Wildman–Crippen MR) is 186 cm³/mol. The van der Waals surface area contributed by atoms with Crippen LogP contribution in [0.5, 0.6) is 0 Å². The third kappa shape index (κ3) is 3.81. The van der Waals surface area contributed by atoms with Crippen LogP contribution in [0.3, 0.4) is 0 Å². The van der Waals surface area contributed by atoms with Gasteiger partial charge >= 0.3 is 0 Å². The fourth-order valence-electron chi connectivity index (χ4n) is 6.80. The molecule has 0 aliphatic carbocycles. The van der Waals surface area contributed by atoms with Crippen molar-refractivity contribution in [3.8, 4) is 40.2 Å². The first-order valence-corrected chi connectivity index (χ1v) is 15.3. The quantitative estimate of drug-likeness (QED) is 0.206. The minimum Gasteiger partial charge on any atom is -0.307 e. The van der Waals surface area contributed by atoms with Crippen molar-refractivity contribution in [1.82, 2.24) is 19.1 Å². The molecule has 0 aliphatic rings. The molecule has 214 valence electrons. The number of para-hydroxylation sites is 3. The first kappa shape index (κ1) is 25.9. The highest BCUT2D eigenvalue weighted by atomic mass is 15.1. The van der Waals surface area contributed by atoms with E-state index >= 15 is 0 Å². The van der Waals surface area contributed by atoms with Crippen LogP contribution in [0, 0.1) is 11.3 Å². The molecule has 0 bridgehead atoms. The Kier molecular flexibility index (Phi) is 5.81. The maximum atomic E-state index is 10.9. The molecule has 0 aliphatic heterocycles. The Bertz CT molecular complexity index is 2630. The zero-order chi connectivity index (χ0) is 30.6. The topological polar surface area (TPSA) is 59.4 Å². The first-order valence-electron chi connectivity index (χ1n) is 15.3. The van der Waals surface area contributed by atoms with Gasteiger partial charge in [0.25, 0.3) is 0 Å². The maximum absolute atomic E-state index is 10.9. The molecule has 0 saturated heterocycles. The summed E-state index contributed by atoms with van der Waals surface area (Å²) in [6.45, 7) is 0. The van der Waals surface area contributed by atoms with E-state index in [4.69, 9.17) is 9.97 Å². The first-order chi connectivity index (χ1) is 22.8. The molecule has 0 spiro atoms. The lowest BCUT2D eigenvalue weighted by molar-refractivity contribution is 1.03. The molecule has 46 heavy (non-hydrogen) atoms. The molecule has 5 nitrogen and oxygen atoms in total. The molecular formula is C41H25N5. The summed E-state index contributed by atoms with van der Waals surface area (Å²) in [5.74, 6) is 1.12. The number of hydrogen-bond acceptors (Lipinski definition) is 3. The second kappa shape index (κ2) is 10.3. The number of fused-ring (bicyclic) bond motifs is 7. The van der Waals surface area contributed by atoms with Gasteiger partial charge < -0.3 is 4.57 Å². The van der Waals surface area contributed by atoms with Gasteiger partial charge in [-0.25, -0.2) is 9.97 Å². The Morgan fingerprint density at radius 1 is 0.457 bits per heavy atom. The van der Waals surface area contributed by atoms with Gasteiger partial charge in [0.05, 0.1) is 27.8 Å². The van der Waals surface area contributed by atoms with Gasteiger partial charge in [-0.1, -0.05) is 127 Å². The lowest BCUT2D eigenvalue weighted by Crippen LogP contribution is -2.07. The molecular weight excluding hydrogens is 562 g/mol. The summed E-state index contributed by atoms with van der Waals surface area (Å²) < 4.78 is 4.52. The summed E-state index contributed by atoms with van der Waals surface area (Å²) in [4.78, 5) is 10.3. The second-order valence-electron chi connectivity index (χ2n) is 11.3. The molecule has 5 heteroatoms. The fourth-order valence-corrected chi connectivity index (χ4v) is 6.80. The number of hydrogen-bond donors (Lipinski definition) is 0. The highest BCUT2D eigenvalue weighted by molar-refractivity contribution is 6.23. The lowest BCUT2D eigenvalue weighted by atomic mass is 10.1. The molecule has 3 aromatic heterocycles. The van der Waals surface area contributed by atoms with Crippen LogP contribution >= 0.6 is 0 Å².